The van der Waals surface area contributed by atoms with Gasteiger partial charge in [0.25, 0.3) is 0 Å². The van der Waals surface area contributed by atoms with Crippen LogP contribution in [0.3, 0.4) is 0 Å². The van der Waals surface area contributed by atoms with Gasteiger partial charge in [0.2, 0.25) is 11.1 Å². The van der Waals surface area contributed by atoms with Gasteiger partial charge in [0, 0.05) is 19.2 Å². The number of ether oxygens (including phenoxy) is 2. The summed E-state index contributed by atoms with van der Waals surface area (Å²) in [6.07, 6.45) is 0. The number of carbonyl (C=O) groups is 1. The first-order chi connectivity index (χ1) is 14.1. The van der Waals surface area contributed by atoms with Crippen molar-refractivity contribution >= 4 is 17.7 Å². The van der Waals surface area contributed by atoms with Crippen molar-refractivity contribution in [2.24, 2.45) is 0 Å². The van der Waals surface area contributed by atoms with Crippen molar-refractivity contribution in [3.8, 4) is 17.2 Å². The number of benzene rings is 2. The molecule has 0 aliphatic heterocycles. The van der Waals surface area contributed by atoms with Gasteiger partial charge >= 0.3 is 0 Å². The minimum atomic E-state index is -0.0338. The average Bonchev–Trinajstić information content (AvgIpc) is 3.21. The van der Waals surface area contributed by atoms with E-state index in [2.05, 4.69) is 15.5 Å². The lowest BCUT2D eigenvalue weighted by Crippen LogP contribution is -2.28. The summed E-state index contributed by atoms with van der Waals surface area (Å²) in [5.74, 6) is 1.62. The molecule has 29 heavy (non-hydrogen) atoms. The van der Waals surface area contributed by atoms with E-state index in [9.17, 15) is 4.79 Å². The van der Waals surface area contributed by atoms with Gasteiger partial charge in [0.1, 0.15) is 17.2 Å². The molecule has 0 atom stereocenters. The Balaban J connectivity index is 1.67. The van der Waals surface area contributed by atoms with Crippen LogP contribution in [0.15, 0.2) is 53.7 Å². The van der Waals surface area contributed by atoms with E-state index in [1.54, 1.807) is 23.7 Å². The number of thioether (sulfide) groups is 1. The molecule has 0 saturated carbocycles. The molecule has 0 fully saturated rings. The quantitative estimate of drug-likeness (QED) is 0.499. The van der Waals surface area contributed by atoms with E-state index >= 15 is 0 Å². The van der Waals surface area contributed by atoms with E-state index in [-0.39, 0.29) is 11.7 Å². The molecule has 0 bridgehead atoms. The van der Waals surface area contributed by atoms with E-state index in [0.29, 0.717) is 24.1 Å². The van der Waals surface area contributed by atoms with Crippen LogP contribution in [0.1, 0.15) is 12.5 Å². The fourth-order valence-corrected chi connectivity index (χ4v) is 3.57. The summed E-state index contributed by atoms with van der Waals surface area (Å²) in [5, 5.41) is 12.4. The van der Waals surface area contributed by atoms with Crippen molar-refractivity contribution in [2.45, 2.75) is 18.6 Å². The van der Waals surface area contributed by atoms with Gasteiger partial charge in [-0.05, 0) is 35.5 Å². The third-order valence-electron chi connectivity index (χ3n) is 4.18. The van der Waals surface area contributed by atoms with E-state index in [0.717, 1.165) is 17.0 Å². The standard InChI is InChI=1S/C20H23N5O3S/c1-4-28-18-12-8-6-10-16(18)25-20(21-22-23-25)29-14-19(26)24(2)13-15-9-5-7-11-17(15)27-3/h5-12H,4,13-14H2,1-3H3. The zero-order chi connectivity index (χ0) is 20.6. The number of tetrazole rings is 1. The van der Waals surface area contributed by atoms with Crippen LogP contribution in [0, 0.1) is 0 Å². The summed E-state index contributed by atoms with van der Waals surface area (Å²) < 4.78 is 12.6. The molecule has 0 aliphatic rings. The fraction of sp³-hybridized carbons (Fsp3) is 0.300. The highest BCUT2D eigenvalue weighted by Crippen LogP contribution is 2.26. The number of carbonyl (C=O) groups excluding carboxylic acids is 1. The van der Waals surface area contributed by atoms with Crippen molar-refractivity contribution in [3.63, 3.8) is 0 Å². The van der Waals surface area contributed by atoms with Crippen LogP contribution in [0.5, 0.6) is 11.5 Å². The minimum absolute atomic E-state index is 0.0338. The largest absolute Gasteiger partial charge is 0.496 e. The summed E-state index contributed by atoms with van der Waals surface area (Å²) in [4.78, 5) is 14.3. The first kappa shape index (κ1) is 20.7. The van der Waals surface area contributed by atoms with E-state index in [1.807, 2.05) is 55.5 Å². The van der Waals surface area contributed by atoms with Crippen molar-refractivity contribution in [1.82, 2.24) is 25.1 Å². The van der Waals surface area contributed by atoms with Crippen LogP contribution in [0.25, 0.3) is 5.69 Å². The highest BCUT2D eigenvalue weighted by Gasteiger charge is 2.17. The molecule has 2 aromatic carbocycles. The van der Waals surface area contributed by atoms with Crippen molar-refractivity contribution in [3.05, 3.63) is 54.1 Å². The Labute approximate surface area is 173 Å². The summed E-state index contributed by atoms with van der Waals surface area (Å²) in [5.41, 5.74) is 1.68. The molecule has 3 aromatic rings. The molecule has 0 unspecified atom stereocenters. The van der Waals surface area contributed by atoms with E-state index in [1.165, 1.54) is 11.8 Å². The number of hydrogen-bond donors (Lipinski definition) is 0. The molecular formula is C20H23N5O3S. The number of amides is 1. The number of nitrogens with zero attached hydrogens (tertiary/aromatic N) is 5. The van der Waals surface area contributed by atoms with Crippen LogP contribution < -0.4 is 9.47 Å². The normalized spacial score (nSPS) is 10.6. The maximum Gasteiger partial charge on any atom is 0.233 e. The second-order valence-electron chi connectivity index (χ2n) is 6.12. The first-order valence-electron chi connectivity index (χ1n) is 9.13. The Kier molecular flexibility index (Phi) is 7.07. The lowest BCUT2D eigenvalue weighted by molar-refractivity contribution is -0.127. The Morgan fingerprint density at radius 1 is 1.14 bits per heavy atom. The Morgan fingerprint density at radius 3 is 2.62 bits per heavy atom. The van der Waals surface area contributed by atoms with Crippen LogP contribution in [-0.4, -0.2) is 57.5 Å². The fourth-order valence-electron chi connectivity index (χ4n) is 2.74. The summed E-state index contributed by atoms with van der Waals surface area (Å²) in [6, 6.07) is 15.2. The molecule has 152 valence electrons. The molecule has 0 N–H and O–H groups in total. The highest BCUT2D eigenvalue weighted by atomic mass is 32.2. The molecular weight excluding hydrogens is 390 g/mol. The lowest BCUT2D eigenvalue weighted by atomic mass is 10.2. The smallest absolute Gasteiger partial charge is 0.233 e. The van der Waals surface area contributed by atoms with Crippen LogP contribution >= 0.6 is 11.8 Å². The predicted molar refractivity (Wildman–Crippen MR) is 111 cm³/mol. The highest BCUT2D eigenvalue weighted by molar-refractivity contribution is 7.99. The monoisotopic (exact) mass is 413 g/mol. The van der Waals surface area contributed by atoms with Crippen LogP contribution in [0.2, 0.25) is 0 Å². The van der Waals surface area contributed by atoms with Gasteiger partial charge in [-0.25, -0.2) is 0 Å². The molecule has 0 radical (unpaired) electrons. The SMILES string of the molecule is CCOc1ccccc1-n1nnnc1SCC(=O)N(C)Cc1ccccc1OC. The average molecular weight is 414 g/mol. The molecule has 1 aromatic heterocycles. The molecule has 0 saturated heterocycles. The first-order valence-corrected chi connectivity index (χ1v) is 10.1. The molecule has 9 heteroatoms. The zero-order valence-electron chi connectivity index (χ0n) is 16.6. The number of para-hydroxylation sites is 3. The number of aromatic nitrogens is 4. The summed E-state index contributed by atoms with van der Waals surface area (Å²) >= 11 is 1.28. The Hall–Kier alpha value is -3.07. The van der Waals surface area contributed by atoms with Gasteiger partial charge < -0.3 is 14.4 Å². The zero-order valence-corrected chi connectivity index (χ0v) is 17.4. The van der Waals surface area contributed by atoms with Gasteiger partial charge in [0.05, 0.1) is 19.5 Å². The Morgan fingerprint density at radius 2 is 1.86 bits per heavy atom. The van der Waals surface area contributed by atoms with Gasteiger partial charge in [-0.1, -0.05) is 42.1 Å². The van der Waals surface area contributed by atoms with Gasteiger partial charge in [-0.2, -0.15) is 4.68 Å². The summed E-state index contributed by atoms with van der Waals surface area (Å²) in [6.45, 7) is 2.91. The Bertz CT molecular complexity index is 963. The number of methoxy groups -OCH3 is 1. The van der Waals surface area contributed by atoms with E-state index < -0.39 is 0 Å². The maximum absolute atomic E-state index is 12.6. The molecule has 0 spiro atoms. The van der Waals surface area contributed by atoms with E-state index in [4.69, 9.17) is 9.47 Å². The maximum atomic E-state index is 12.6. The van der Waals surface area contributed by atoms with Gasteiger partial charge in [-0.15, -0.1) is 5.10 Å². The predicted octanol–water partition coefficient (Wildman–Crippen LogP) is 2.82. The van der Waals surface area contributed by atoms with Crippen LogP contribution in [0.4, 0.5) is 0 Å². The molecule has 1 amide bonds. The molecule has 3 rings (SSSR count). The van der Waals surface area contributed by atoms with Gasteiger partial charge in [0.15, 0.2) is 0 Å². The number of hydrogen-bond acceptors (Lipinski definition) is 7. The van der Waals surface area contributed by atoms with Crippen molar-refractivity contribution in [1.29, 1.82) is 0 Å². The summed E-state index contributed by atoms with van der Waals surface area (Å²) in [7, 11) is 3.39. The lowest BCUT2D eigenvalue weighted by Gasteiger charge is -2.18. The third-order valence-corrected chi connectivity index (χ3v) is 5.09. The van der Waals surface area contributed by atoms with Crippen LogP contribution in [-0.2, 0) is 11.3 Å². The van der Waals surface area contributed by atoms with Crippen molar-refractivity contribution < 1.29 is 14.3 Å². The minimum Gasteiger partial charge on any atom is -0.496 e. The van der Waals surface area contributed by atoms with Crippen molar-refractivity contribution in [2.75, 3.05) is 26.5 Å². The second kappa shape index (κ2) is 9.92. The topological polar surface area (TPSA) is 82.4 Å². The third kappa shape index (κ3) is 5.05. The number of rotatable bonds is 9. The molecule has 0 aliphatic carbocycles. The molecule has 1 heterocycles. The molecule has 8 nitrogen and oxygen atoms in total. The van der Waals surface area contributed by atoms with Gasteiger partial charge in [-0.3, -0.25) is 4.79 Å². The second-order valence-corrected chi connectivity index (χ2v) is 7.07.